The quantitative estimate of drug-likeness (QED) is 0.238. The molecule has 0 amide bonds. The summed E-state index contributed by atoms with van der Waals surface area (Å²) in [5.41, 5.74) is 4.44. The molecule has 0 aliphatic carbocycles. The van der Waals surface area contributed by atoms with Gasteiger partial charge in [0.25, 0.3) is 5.56 Å². The van der Waals surface area contributed by atoms with Crippen LogP contribution in [-0.2, 0) is 12.8 Å². The predicted octanol–water partition coefficient (Wildman–Crippen LogP) is 7.99. The number of hydrogen-bond donors (Lipinski definition) is 1. The third-order valence-electron chi connectivity index (χ3n) is 7.24. The Hall–Kier alpha value is -3.24. The van der Waals surface area contributed by atoms with Gasteiger partial charge in [-0.05, 0) is 69.3 Å². The molecular formula is C35H50F3N5OS. The maximum Gasteiger partial charge on any atom is 0.401 e. The number of benzene rings is 1. The van der Waals surface area contributed by atoms with Crippen LogP contribution in [0.3, 0.4) is 0 Å². The van der Waals surface area contributed by atoms with Crippen LogP contribution in [0.5, 0.6) is 0 Å². The number of anilines is 1. The number of aryl methyl sites for hydroxylation is 2. The number of hydrogen-bond acceptors (Lipinski definition) is 6. The van der Waals surface area contributed by atoms with Gasteiger partial charge in [0.1, 0.15) is 5.82 Å². The van der Waals surface area contributed by atoms with Gasteiger partial charge >= 0.3 is 6.18 Å². The van der Waals surface area contributed by atoms with Crippen LogP contribution in [0.4, 0.5) is 19.0 Å². The molecule has 0 saturated carbocycles. The van der Waals surface area contributed by atoms with Crippen molar-refractivity contribution in [2.45, 2.75) is 66.8 Å². The van der Waals surface area contributed by atoms with Gasteiger partial charge < -0.3 is 10.2 Å². The van der Waals surface area contributed by atoms with Gasteiger partial charge in [0, 0.05) is 67.7 Å². The number of thioether (sulfide) groups is 1. The number of fused-ring (bicyclic) bond motifs is 1. The number of halogens is 3. The summed E-state index contributed by atoms with van der Waals surface area (Å²) in [6.07, 6.45) is 2.97. The summed E-state index contributed by atoms with van der Waals surface area (Å²) in [4.78, 5) is 21.8. The van der Waals surface area contributed by atoms with Crippen LogP contribution in [0.2, 0.25) is 0 Å². The van der Waals surface area contributed by atoms with Crippen molar-refractivity contribution in [2.75, 3.05) is 44.2 Å². The Morgan fingerprint density at radius 1 is 1.04 bits per heavy atom. The first-order valence-electron chi connectivity index (χ1n) is 15.7. The first-order valence-corrected chi connectivity index (χ1v) is 16.7. The van der Waals surface area contributed by atoms with Crippen molar-refractivity contribution in [1.29, 1.82) is 0 Å². The van der Waals surface area contributed by atoms with Gasteiger partial charge in [-0.1, -0.05) is 50.6 Å². The SMILES string of the molecule is C/C=C\C(SCc1ccccn1)=C(/CC)NCC.CC.Cc1cc(C)c2cc(N3CCN(CC(F)(F)F)CC3)n(C)c(=O)c2c1. The fourth-order valence-electron chi connectivity index (χ4n) is 5.17. The molecule has 248 valence electrons. The number of pyridine rings is 2. The monoisotopic (exact) mass is 645 g/mol. The van der Waals surface area contributed by atoms with Crippen molar-refractivity contribution in [1.82, 2.24) is 19.8 Å². The van der Waals surface area contributed by atoms with Crippen molar-refractivity contribution in [3.05, 3.63) is 92.5 Å². The Bertz CT molecular complexity index is 1460. The summed E-state index contributed by atoms with van der Waals surface area (Å²) < 4.78 is 39.2. The summed E-state index contributed by atoms with van der Waals surface area (Å²) in [7, 11) is 1.72. The normalized spacial score (nSPS) is 14.4. The molecule has 3 aromatic rings. The first-order chi connectivity index (χ1) is 21.5. The molecule has 45 heavy (non-hydrogen) atoms. The van der Waals surface area contributed by atoms with E-state index in [2.05, 4.69) is 49.3 Å². The molecular weight excluding hydrogens is 595 g/mol. The van der Waals surface area contributed by atoms with Crippen LogP contribution in [0.1, 0.15) is 57.9 Å². The zero-order valence-corrected chi connectivity index (χ0v) is 28.9. The Labute approximate surface area is 271 Å². The van der Waals surface area contributed by atoms with E-state index < -0.39 is 12.7 Å². The highest BCUT2D eigenvalue weighted by Crippen LogP contribution is 2.26. The van der Waals surface area contributed by atoms with Crippen LogP contribution in [0.25, 0.3) is 10.8 Å². The van der Waals surface area contributed by atoms with Gasteiger partial charge in [-0.2, -0.15) is 13.2 Å². The molecule has 1 aliphatic rings. The number of alkyl halides is 3. The largest absolute Gasteiger partial charge is 0.401 e. The maximum absolute atomic E-state index is 12.7. The van der Waals surface area contributed by atoms with Crippen LogP contribution in [0, 0.1) is 13.8 Å². The Morgan fingerprint density at radius 2 is 1.73 bits per heavy atom. The topological polar surface area (TPSA) is 53.4 Å². The van der Waals surface area contributed by atoms with Gasteiger partial charge in [0.05, 0.1) is 12.2 Å². The summed E-state index contributed by atoms with van der Waals surface area (Å²) in [6, 6.07) is 12.0. The van der Waals surface area contributed by atoms with Gasteiger partial charge in [-0.3, -0.25) is 19.2 Å². The van der Waals surface area contributed by atoms with Crippen molar-refractivity contribution in [3.8, 4) is 0 Å². The average molecular weight is 646 g/mol. The molecule has 0 unspecified atom stereocenters. The minimum absolute atomic E-state index is 0.0722. The average Bonchev–Trinajstić information content (AvgIpc) is 3.02. The second-order valence-corrected chi connectivity index (χ2v) is 11.6. The van der Waals surface area contributed by atoms with E-state index in [-0.39, 0.29) is 5.56 Å². The van der Waals surface area contributed by atoms with Crippen molar-refractivity contribution < 1.29 is 13.2 Å². The third kappa shape index (κ3) is 11.6. The summed E-state index contributed by atoms with van der Waals surface area (Å²) in [5, 5.41) is 5.02. The number of allylic oxidation sites excluding steroid dienone is 3. The number of aromatic nitrogens is 2. The molecule has 1 N–H and O–H groups in total. The molecule has 3 heterocycles. The van der Waals surface area contributed by atoms with E-state index in [0.717, 1.165) is 46.7 Å². The summed E-state index contributed by atoms with van der Waals surface area (Å²) >= 11 is 1.84. The molecule has 1 saturated heterocycles. The zero-order chi connectivity index (χ0) is 33.6. The highest BCUT2D eigenvalue weighted by atomic mass is 32.2. The van der Waals surface area contributed by atoms with E-state index in [1.54, 1.807) is 11.6 Å². The van der Waals surface area contributed by atoms with Crippen LogP contribution >= 0.6 is 11.8 Å². The Morgan fingerprint density at radius 3 is 2.29 bits per heavy atom. The number of rotatable bonds is 9. The van der Waals surface area contributed by atoms with E-state index in [4.69, 9.17) is 0 Å². The second kappa shape index (κ2) is 18.7. The lowest BCUT2D eigenvalue weighted by Crippen LogP contribution is -2.50. The zero-order valence-electron chi connectivity index (χ0n) is 28.1. The molecule has 0 atom stereocenters. The molecule has 4 rings (SSSR count). The van der Waals surface area contributed by atoms with Gasteiger partial charge in [-0.25, -0.2) is 0 Å². The van der Waals surface area contributed by atoms with E-state index in [9.17, 15) is 18.0 Å². The van der Waals surface area contributed by atoms with Gasteiger partial charge in [-0.15, -0.1) is 11.8 Å². The molecule has 6 nitrogen and oxygen atoms in total. The standard InChI is InChI=1S/C18H22F3N3O.C15H22N2S.C2H6/c1-12-8-13(2)14-10-16(22(3)17(25)15(14)9-12)24-6-4-23(5-7-24)11-18(19,20)21;1-4-9-15(14(5-2)16-6-3)18-12-13-10-7-8-11-17-13;1-2/h8-10H,4-7,11H2,1-3H3;4,7-11,16H,5-6,12H2,1-3H3;1-2H3/b;9-4-,15-14-;. The first kappa shape index (κ1) is 37.9. The number of piperazine rings is 1. The Kier molecular flexibility index (Phi) is 15.7. The van der Waals surface area contributed by atoms with E-state index in [1.807, 2.05) is 80.9 Å². The maximum atomic E-state index is 12.7. The number of nitrogens with one attached hydrogen (secondary N) is 1. The molecule has 0 bridgehead atoms. The molecule has 10 heteroatoms. The molecule has 1 aromatic carbocycles. The van der Waals surface area contributed by atoms with Crippen molar-refractivity contribution in [3.63, 3.8) is 0 Å². The molecule has 1 fully saturated rings. The van der Waals surface area contributed by atoms with E-state index >= 15 is 0 Å². The number of nitrogens with zero attached hydrogens (tertiary/aromatic N) is 4. The molecule has 0 spiro atoms. The van der Waals surface area contributed by atoms with Crippen LogP contribution in [0.15, 0.2) is 70.1 Å². The Balaban J connectivity index is 0.000000313. The van der Waals surface area contributed by atoms with E-state index in [0.29, 0.717) is 31.6 Å². The lowest BCUT2D eigenvalue weighted by molar-refractivity contribution is -0.146. The minimum atomic E-state index is -4.17. The van der Waals surface area contributed by atoms with Gasteiger partial charge in [0.15, 0.2) is 0 Å². The highest BCUT2D eigenvalue weighted by Gasteiger charge is 2.32. The van der Waals surface area contributed by atoms with Crippen LogP contribution in [-0.4, -0.2) is 59.9 Å². The highest BCUT2D eigenvalue weighted by molar-refractivity contribution is 8.02. The second-order valence-electron chi connectivity index (χ2n) is 10.6. The smallest absolute Gasteiger partial charge is 0.388 e. The molecule has 0 radical (unpaired) electrons. The fourth-order valence-corrected chi connectivity index (χ4v) is 6.27. The molecule has 2 aromatic heterocycles. The predicted molar refractivity (Wildman–Crippen MR) is 186 cm³/mol. The van der Waals surface area contributed by atoms with E-state index in [1.165, 1.54) is 15.5 Å². The third-order valence-corrected chi connectivity index (χ3v) is 8.38. The van der Waals surface area contributed by atoms with Crippen LogP contribution < -0.4 is 15.8 Å². The fraction of sp³-hybridized carbons (Fsp3) is 0.486. The lowest BCUT2D eigenvalue weighted by atomic mass is 10.0. The van der Waals surface area contributed by atoms with Gasteiger partial charge in [0.2, 0.25) is 0 Å². The lowest BCUT2D eigenvalue weighted by Gasteiger charge is -2.37. The summed E-state index contributed by atoms with van der Waals surface area (Å²) in [5.74, 6) is 1.67. The van der Waals surface area contributed by atoms with Crippen molar-refractivity contribution in [2.24, 2.45) is 7.05 Å². The summed E-state index contributed by atoms with van der Waals surface area (Å²) in [6.45, 7) is 16.0. The molecule has 1 aliphatic heterocycles. The minimum Gasteiger partial charge on any atom is -0.388 e. The van der Waals surface area contributed by atoms with Crippen molar-refractivity contribution >= 4 is 28.4 Å².